The quantitative estimate of drug-likeness (QED) is 0.342. The molecular formula is C21H17ClF2N4O4. The Kier molecular flexibility index (Phi) is 6.04. The second-order valence-corrected chi connectivity index (χ2v) is 7.74. The van der Waals surface area contributed by atoms with Gasteiger partial charge in [0, 0.05) is 23.1 Å². The van der Waals surface area contributed by atoms with Gasteiger partial charge in [-0.15, -0.1) is 0 Å². The Labute approximate surface area is 185 Å². The minimum Gasteiger partial charge on any atom is -0.457 e. The molecule has 0 atom stereocenters. The molecule has 8 nitrogen and oxygen atoms in total. The van der Waals surface area contributed by atoms with E-state index in [9.17, 15) is 23.7 Å². The van der Waals surface area contributed by atoms with Gasteiger partial charge >= 0.3 is 0 Å². The normalized spacial score (nSPS) is 13.2. The summed E-state index contributed by atoms with van der Waals surface area (Å²) >= 11 is 5.84. The molecule has 166 valence electrons. The van der Waals surface area contributed by atoms with Gasteiger partial charge in [0.2, 0.25) is 5.91 Å². The van der Waals surface area contributed by atoms with Crippen LogP contribution in [0, 0.1) is 10.1 Å². The summed E-state index contributed by atoms with van der Waals surface area (Å²) in [4.78, 5) is 23.2. The second-order valence-electron chi connectivity index (χ2n) is 7.30. The van der Waals surface area contributed by atoms with Crippen molar-refractivity contribution in [3.63, 3.8) is 0 Å². The van der Waals surface area contributed by atoms with Crippen LogP contribution in [0.15, 0.2) is 48.5 Å². The minimum atomic E-state index is -2.78. The van der Waals surface area contributed by atoms with Crippen molar-refractivity contribution >= 4 is 28.9 Å². The number of alkyl halides is 2. The van der Waals surface area contributed by atoms with E-state index in [-0.39, 0.29) is 28.7 Å². The number of non-ortho nitro benzene ring substituents is 1. The van der Waals surface area contributed by atoms with Gasteiger partial charge in [0.05, 0.1) is 22.4 Å². The van der Waals surface area contributed by atoms with Gasteiger partial charge in [-0.3, -0.25) is 19.6 Å². The maximum atomic E-state index is 13.3. The third-order valence-electron chi connectivity index (χ3n) is 4.78. The van der Waals surface area contributed by atoms with Crippen molar-refractivity contribution in [1.29, 1.82) is 0 Å². The highest BCUT2D eigenvalue weighted by atomic mass is 35.5. The number of hydrogen-bond acceptors (Lipinski definition) is 5. The molecule has 32 heavy (non-hydrogen) atoms. The summed E-state index contributed by atoms with van der Waals surface area (Å²) in [5, 5.41) is 18.4. The number of ether oxygens (including phenoxy) is 1. The molecule has 0 bridgehead atoms. The molecule has 2 aromatic carbocycles. The summed E-state index contributed by atoms with van der Waals surface area (Å²) in [7, 11) is 0. The van der Waals surface area contributed by atoms with Crippen LogP contribution in [0.4, 0.5) is 20.2 Å². The summed E-state index contributed by atoms with van der Waals surface area (Å²) < 4.78 is 33.3. The van der Waals surface area contributed by atoms with Crippen molar-refractivity contribution < 1.29 is 23.2 Å². The summed E-state index contributed by atoms with van der Waals surface area (Å²) in [5.41, 5.74) is -0.0218. The van der Waals surface area contributed by atoms with Crippen LogP contribution in [0.5, 0.6) is 11.5 Å². The number of hydrogen-bond donors (Lipinski definition) is 1. The molecule has 4 rings (SSSR count). The van der Waals surface area contributed by atoms with Gasteiger partial charge in [-0.05, 0) is 43.2 Å². The lowest BCUT2D eigenvalue weighted by atomic mass is 10.2. The molecule has 0 spiro atoms. The third-order valence-corrected chi connectivity index (χ3v) is 5.03. The highest BCUT2D eigenvalue weighted by molar-refractivity contribution is 6.30. The molecule has 0 radical (unpaired) electrons. The first-order valence-corrected chi connectivity index (χ1v) is 10.0. The third kappa shape index (κ3) is 5.20. The van der Waals surface area contributed by atoms with Crippen LogP contribution in [-0.2, 0) is 11.3 Å². The zero-order chi connectivity index (χ0) is 22.8. The zero-order valence-electron chi connectivity index (χ0n) is 16.5. The molecule has 0 unspecified atom stereocenters. The predicted octanol–water partition coefficient (Wildman–Crippen LogP) is 5.69. The van der Waals surface area contributed by atoms with E-state index in [0.717, 1.165) is 23.6 Å². The van der Waals surface area contributed by atoms with E-state index in [2.05, 4.69) is 10.4 Å². The van der Waals surface area contributed by atoms with E-state index in [1.165, 1.54) is 18.2 Å². The lowest BCUT2D eigenvalue weighted by Gasteiger charge is -2.11. The van der Waals surface area contributed by atoms with E-state index in [1.807, 2.05) is 0 Å². The van der Waals surface area contributed by atoms with Crippen LogP contribution in [0.2, 0.25) is 5.02 Å². The number of rotatable bonds is 8. The van der Waals surface area contributed by atoms with E-state index < -0.39 is 23.8 Å². The first kappa shape index (κ1) is 21.7. The predicted molar refractivity (Wildman–Crippen MR) is 112 cm³/mol. The number of carbonyl (C=O) groups is 1. The Morgan fingerprint density at radius 1 is 1.22 bits per heavy atom. The molecule has 0 saturated heterocycles. The number of aromatic nitrogens is 2. The number of carbonyl (C=O) groups excluding carboxylic acids is 1. The molecular weight excluding hydrogens is 446 g/mol. The van der Waals surface area contributed by atoms with Crippen LogP contribution < -0.4 is 10.1 Å². The number of benzene rings is 2. The average molecular weight is 463 g/mol. The van der Waals surface area contributed by atoms with Crippen molar-refractivity contribution in [3.8, 4) is 11.5 Å². The SMILES string of the molecule is O=C(Cn1nc(C2CC2)cc1C(F)F)Nc1cc(Oc2ccc(Cl)cc2)cc([N+](=O)[O-])c1. The van der Waals surface area contributed by atoms with Crippen molar-refractivity contribution in [2.24, 2.45) is 0 Å². The van der Waals surface area contributed by atoms with Crippen molar-refractivity contribution in [3.05, 3.63) is 75.1 Å². The fourth-order valence-electron chi connectivity index (χ4n) is 3.13. The van der Waals surface area contributed by atoms with E-state index in [0.29, 0.717) is 16.5 Å². The highest BCUT2D eigenvalue weighted by Gasteiger charge is 2.29. The van der Waals surface area contributed by atoms with Gasteiger partial charge in [0.1, 0.15) is 23.7 Å². The van der Waals surface area contributed by atoms with Crippen LogP contribution >= 0.6 is 11.6 Å². The van der Waals surface area contributed by atoms with E-state index in [4.69, 9.17) is 16.3 Å². The lowest BCUT2D eigenvalue weighted by molar-refractivity contribution is -0.384. The topological polar surface area (TPSA) is 99.3 Å². The molecule has 0 aliphatic heterocycles. The summed E-state index contributed by atoms with van der Waals surface area (Å²) in [6, 6.07) is 11.4. The molecule has 11 heteroatoms. The largest absolute Gasteiger partial charge is 0.457 e. The van der Waals surface area contributed by atoms with E-state index >= 15 is 0 Å². The summed E-state index contributed by atoms with van der Waals surface area (Å²) in [5.74, 6) is -0.00505. The Hall–Kier alpha value is -3.53. The molecule has 1 fully saturated rings. The molecule has 1 N–H and O–H groups in total. The number of anilines is 1. The van der Waals surface area contributed by atoms with E-state index in [1.54, 1.807) is 24.3 Å². The van der Waals surface area contributed by atoms with Crippen LogP contribution in [0.25, 0.3) is 0 Å². The van der Waals surface area contributed by atoms with Gasteiger partial charge in [0.25, 0.3) is 12.1 Å². The molecule has 1 aliphatic carbocycles. The monoisotopic (exact) mass is 462 g/mol. The Balaban J connectivity index is 1.53. The smallest absolute Gasteiger partial charge is 0.280 e. The lowest BCUT2D eigenvalue weighted by Crippen LogP contribution is -2.21. The fraction of sp³-hybridized carbons (Fsp3) is 0.238. The standard InChI is InChI=1S/C21H17ClF2N4O4/c22-13-3-5-16(6-4-13)32-17-8-14(7-15(9-17)28(30)31)25-20(29)11-27-19(21(23)24)10-18(26-27)12-1-2-12/h3-10,12,21H,1-2,11H2,(H,25,29). The maximum Gasteiger partial charge on any atom is 0.280 e. The number of nitrogens with one attached hydrogen (secondary N) is 1. The maximum absolute atomic E-state index is 13.3. The van der Waals surface area contributed by atoms with Gasteiger partial charge in [0.15, 0.2) is 0 Å². The Morgan fingerprint density at radius 3 is 2.56 bits per heavy atom. The number of nitro groups is 1. The number of nitrogens with zero attached hydrogens (tertiary/aromatic N) is 3. The number of nitro benzene ring substituents is 1. The van der Waals surface area contributed by atoms with Gasteiger partial charge in [-0.25, -0.2) is 8.78 Å². The van der Waals surface area contributed by atoms with Crippen LogP contribution in [0.3, 0.4) is 0 Å². The Morgan fingerprint density at radius 2 is 1.94 bits per heavy atom. The summed E-state index contributed by atoms with van der Waals surface area (Å²) in [6.45, 7) is -0.456. The molecule has 1 saturated carbocycles. The van der Waals surface area contributed by atoms with Gasteiger partial charge < -0.3 is 10.1 Å². The first-order valence-electron chi connectivity index (χ1n) is 9.67. The molecule has 3 aromatic rings. The molecule has 1 aliphatic rings. The second kappa shape index (κ2) is 8.91. The first-order chi connectivity index (χ1) is 15.3. The molecule has 1 aromatic heterocycles. The number of amides is 1. The average Bonchev–Trinajstić information content (AvgIpc) is 3.50. The molecule has 1 heterocycles. The van der Waals surface area contributed by atoms with Crippen LogP contribution in [0.1, 0.15) is 36.6 Å². The minimum absolute atomic E-state index is 0.0846. The summed E-state index contributed by atoms with van der Waals surface area (Å²) in [6.07, 6.45) is -1.01. The fourth-order valence-corrected chi connectivity index (χ4v) is 3.25. The molecule has 1 amide bonds. The van der Waals surface area contributed by atoms with Gasteiger partial charge in [-0.2, -0.15) is 5.10 Å². The number of halogens is 3. The van der Waals surface area contributed by atoms with Gasteiger partial charge in [-0.1, -0.05) is 11.6 Å². The van der Waals surface area contributed by atoms with Crippen molar-refractivity contribution in [2.75, 3.05) is 5.32 Å². The van der Waals surface area contributed by atoms with Crippen molar-refractivity contribution in [2.45, 2.75) is 31.7 Å². The Bertz CT molecular complexity index is 1160. The highest BCUT2D eigenvalue weighted by Crippen LogP contribution is 2.40. The van der Waals surface area contributed by atoms with Crippen LogP contribution in [-0.4, -0.2) is 20.6 Å². The zero-order valence-corrected chi connectivity index (χ0v) is 17.3. The van der Waals surface area contributed by atoms with Crippen molar-refractivity contribution in [1.82, 2.24) is 9.78 Å².